The molecule has 1 aliphatic heterocycles. The number of rotatable bonds is 6. The molecule has 8 heteroatoms. The van der Waals surface area contributed by atoms with Gasteiger partial charge in [-0.25, -0.2) is 9.59 Å². The van der Waals surface area contributed by atoms with E-state index in [1.54, 1.807) is 4.90 Å². The van der Waals surface area contributed by atoms with Gasteiger partial charge in [-0.05, 0) is 33.7 Å². The molecule has 0 unspecified atom stereocenters. The van der Waals surface area contributed by atoms with Crippen molar-refractivity contribution in [1.82, 2.24) is 15.1 Å². The molecule has 0 aromatic carbocycles. The molecule has 0 aromatic heterocycles. The van der Waals surface area contributed by atoms with Crippen LogP contribution in [0.4, 0.5) is 4.79 Å². The minimum atomic E-state index is -1.15. The summed E-state index contributed by atoms with van der Waals surface area (Å²) in [6.07, 6.45) is 2.30. The molecule has 0 atom stereocenters. The number of carbonyl (C=O) groups excluding carboxylic acids is 2. The van der Waals surface area contributed by atoms with Crippen molar-refractivity contribution >= 4 is 18.0 Å². The molecule has 2 amide bonds. The fourth-order valence-corrected chi connectivity index (χ4v) is 2.20. The van der Waals surface area contributed by atoms with Gasteiger partial charge in [0.2, 0.25) is 5.91 Å². The van der Waals surface area contributed by atoms with Gasteiger partial charge in [-0.3, -0.25) is 9.69 Å². The van der Waals surface area contributed by atoms with Gasteiger partial charge >= 0.3 is 12.1 Å². The number of aliphatic carboxylic acids is 1. The van der Waals surface area contributed by atoms with E-state index in [0.29, 0.717) is 19.6 Å². The molecule has 8 nitrogen and oxygen atoms in total. The van der Waals surface area contributed by atoms with Crippen LogP contribution in [-0.2, 0) is 14.3 Å². The van der Waals surface area contributed by atoms with E-state index in [1.807, 2.05) is 20.8 Å². The summed E-state index contributed by atoms with van der Waals surface area (Å²) < 4.78 is 5.35. The molecule has 136 valence electrons. The van der Waals surface area contributed by atoms with Crippen molar-refractivity contribution in [2.24, 2.45) is 0 Å². The third-order valence-corrected chi connectivity index (χ3v) is 3.35. The lowest BCUT2D eigenvalue weighted by atomic mass is 10.2. The smallest absolute Gasteiger partial charge is 0.410 e. The monoisotopic (exact) mass is 341 g/mol. The summed E-state index contributed by atoms with van der Waals surface area (Å²) in [6.45, 7) is 9.63. The van der Waals surface area contributed by atoms with Gasteiger partial charge in [-0.1, -0.05) is 0 Å². The lowest BCUT2D eigenvalue weighted by Crippen LogP contribution is -2.50. The minimum Gasteiger partial charge on any atom is -0.478 e. The van der Waals surface area contributed by atoms with Crippen LogP contribution in [0.5, 0.6) is 0 Å². The van der Waals surface area contributed by atoms with Crippen LogP contribution in [0.25, 0.3) is 0 Å². The van der Waals surface area contributed by atoms with E-state index in [9.17, 15) is 14.4 Å². The highest BCUT2D eigenvalue weighted by Crippen LogP contribution is 2.11. The van der Waals surface area contributed by atoms with E-state index < -0.39 is 17.5 Å². The Morgan fingerprint density at radius 1 is 1.12 bits per heavy atom. The number of carbonyl (C=O) groups is 3. The zero-order valence-corrected chi connectivity index (χ0v) is 14.6. The number of amides is 2. The summed E-state index contributed by atoms with van der Waals surface area (Å²) >= 11 is 0. The molecule has 0 aliphatic carbocycles. The third kappa shape index (κ3) is 8.52. The first kappa shape index (κ1) is 20.0. The number of nitrogens with zero attached hydrogens (tertiary/aromatic N) is 2. The lowest BCUT2D eigenvalue weighted by molar-refractivity contribution is -0.131. The Bertz CT molecular complexity index is 477. The number of ether oxygens (including phenoxy) is 1. The Balaban J connectivity index is 2.17. The number of carboxylic acids is 1. The van der Waals surface area contributed by atoms with E-state index in [0.717, 1.165) is 38.2 Å². The highest BCUT2D eigenvalue weighted by atomic mass is 16.6. The van der Waals surface area contributed by atoms with Gasteiger partial charge in [0.15, 0.2) is 0 Å². The van der Waals surface area contributed by atoms with Crippen LogP contribution in [0.1, 0.15) is 27.2 Å². The minimum absolute atomic E-state index is 0.278. The maximum atomic E-state index is 12.0. The average molecular weight is 341 g/mol. The van der Waals surface area contributed by atoms with Gasteiger partial charge in [0.1, 0.15) is 5.60 Å². The highest BCUT2D eigenvalue weighted by Gasteiger charge is 2.25. The summed E-state index contributed by atoms with van der Waals surface area (Å²) in [4.78, 5) is 37.5. The first-order valence-corrected chi connectivity index (χ1v) is 8.06. The Morgan fingerprint density at radius 3 is 2.29 bits per heavy atom. The van der Waals surface area contributed by atoms with Crippen LogP contribution in [0, 0.1) is 0 Å². The van der Waals surface area contributed by atoms with E-state index in [4.69, 9.17) is 9.84 Å². The summed E-state index contributed by atoms with van der Waals surface area (Å²) in [5.74, 6) is -1.56. The van der Waals surface area contributed by atoms with Crippen molar-refractivity contribution in [3.63, 3.8) is 0 Å². The maximum Gasteiger partial charge on any atom is 0.410 e. The first-order chi connectivity index (χ1) is 11.2. The Kier molecular flexibility index (Phi) is 7.70. The van der Waals surface area contributed by atoms with Gasteiger partial charge in [0, 0.05) is 44.9 Å². The second-order valence-corrected chi connectivity index (χ2v) is 6.63. The highest BCUT2D eigenvalue weighted by molar-refractivity contribution is 5.93. The summed E-state index contributed by atoms with van der Waals surface area (Å²) in [5, 5.41) is 11.0. The number of nitrogens with one attached hydrogen (secondary N) is 1. The first-order valence-electron chi connectivity index (χ1n) is 8.06. The Morgan fingerprint density at radius 2 is 1.75 bits per heavy atom. The molecule has 2 N–H and O–H groups in total. The predicted molar refractivity (Wildman–Crippen MR) is 88.6 cm³/mol. The molecule has 1 fully saturated rings. The van der Waals surface area contributed by atoms with Crippen molar-refractivity contribution < 1.29 is 24.2 Å². The molecular weight excluding hydrogens is 314 g/mol. The SMILES string of the molecule is CC(C)(C)OC(=O)N1CCN(CCCNC(=O)C=CC(=O)O)CC1. The van der Waals surface area contributed by atoms with Crippen LogP contribution < -0.4 is 5.32 Å². The molecule has 0 aromatic rings. The molecule has 1 aliphatic rings. The fourth-order valence-electron chi connectivity index (χ4n) is 2.20. The normalized spacial score (nSPS) is 16.2. The van der Waals surface area contributed by atoms with Gasteiger partial charge in [0.25, 0.3) is 0 Å². The van der Waals surface area contributed by atoms with Crippen molar-refractivity contribution in [2.45, 2.75) is 32.8 Å². The third-order valence-electron chi connectivity index (χ3n) is 3.35. The quantitative estimate of drug-likeness (QED) is 0.545. The molecular formula is C16H27N3O5. The molecule has 0 spiro atoms. The fraction of sp³-hybridized carbons (Fsp3) is 0.688. The molecule has 0 bridgehead atoms. The topological polar surface area (TPSA) is 99.2 Å². The van der Waals surface area contributed by atoms with Crippen LogP contribution in [-0.4, -0.2) is 77.7 Å². The lowest BCUT2D eigenvalue weighted by Gasteiger charge is -2.35. The van der Waals surface area contributed by atoms with Crippen molar-refractivity contribution in [3.8, 4) is 0 Å². The van der Waals surface area contributed by atoms with Crippen molar-refractivity contribution in [1.29, 1.82) is 0 Å². The Hall–Kier alpha value is -2.09. The van der Waals surface area contributed by atoms with Crippen LogP contribution in [0.3, 0.4) is 0 Å². The molecule has 1 rings (SSSR count). The largest absolute Gasteiger partial charge is 0.478 e. The summed E-state index contributed by atoms with van der Waals surface area (Å²) in [5.41, 5.74) is -0.485. The Labute approximate surface area is 142 Å². The van der Waals surface area contributed by atoms with Gasteiger partial charge in [-0.15, -0.1) is 0 Å². The number of hydrogen-bond donors (Lipinski definition) is 2. The number of carboxylic acid groups (broad SMARTS) is 1. The van der Waals surface area contributed by atoms with Gasteiger partial charge in [-0.2, -0.15) is 0 Å². The number of piperazine rings is 1. The van der Waals surface area contributed by atoms with Crippen LogP contribution >= 0.6 is 0 Å². The zero-order chi connectivity index (χ0) is 18.2. The molecule has 1 heterocycles. The van der Waals surface area contributed by atoms with Crippen LogP contribution in [0.15, 0.2) is 12.2 Å². The zero-order valence-electron chi connectivity index (χ0n) is 14.6. The second-order valence-electron chi connectivity index (χ2n) is 6.63. The van der Waals surface area contributed by atoms with E-state index in [1.165, 1.54) is 0 Å². The average Bonchev–Trinajstić information content (AvgIpc) is 2.48. The van der Waals surface area contributed by atoms with E-state index in [2.05, 4.69) is 10.2 Å². The van der Waals surface area contributed by atoms with Gasteiger partial charge < -0.3 is 20.1 Å². The molecule has 0 radical (unpaired) electrons. The standard InChI is InChI=1S/C16H27N3O5/c1-16(2,3)24-15(23)19-11-9-18(10-12-19)8-4-7-17-13(20)5-6-14(21)22/h5-6H,4,7-12H2,1-3H3,(H,17,20)(H,21,22). The van der Waals surface area contributed by atoms with E-state index in [-0.39, 0.29) is 6.09 Å². The maximum absolute atomic E-state index is 12.0. The molecule has 24 heavy (non-hydrogen) atoms. The second kappa shape index (κ2) is 9.27. The van der Waals surface area contributed by atoms with E-state index >= 15 is 0 Å². The summed E-state index contributed by atoms with van der Waals surface area (Å²) in [6, 6.07) is 0. The number of hydrogen-bond acceptors (Lipinski definition) is 5. The van der Waals surface area contributed by atoms with Crippen molar-refractivity contribution in [3.05, 3.63) is 12.2 Å². The predicted octanol–water partition coefficient (Wildman–Crippen LogP) is 0.686. The van der Waals surface area contributed by atoms with Crippen LogP contribution in [0.2, 0.25) is 0 Å². The summed E-state index contributed by atoms with van der Waals surface area (Å²) in [7, 11) is 0. The molecule has 1 saturated heterocycles. The van der Waals surface area contributed by atoms with Crippen molar-refractivity contribution in [2.75, 3.05) is 39.3 Å². The van der Waals surface area contributed by atoms with Gasteiger partial charge in [0.05, 0.1) is 0 Å². The molecule has 0 saturated carbocycles.